The predicted octanol–water partition coefficient (Wildman–Crippen LogP) is 3.78. The summed E-state index contributed by atoms with van der Waals surface area (Å²) in [5, 5.41) is 17.6. The van der Waals surface area contributed by atoms with Gasteiger partial charge in [0.15, 0.2) is 0 Å². The number of carbonyl (C=O) groups is 2. The van der Waals surface area contributed by atoms with Crippen LogP contribution in [0.15, 0.2) is 36.7 Å². The third-order valence-corrected chi connectivity index (χ3v) is 7.45. The van der Waals surface area contributed by atoms with Crippen molar-refractivity contribution in [2.24, 2.45) is 5.92 Å². The van der Waals surface area contributed by atoms with E-state index in [-0.39, 0.29) is 41.0 Å². The van der Waals surface area contributed by atoms with Gasteiger partial charge in [0.2, 0.25) is 0 Å². The van der Waals surface area contributed by atoms with Gasteiger partial charge in [-0.05, 0) is 42.7 Å². The van der Waals surface area contributed by atoms with Crippen LogP contribution in [0.25, 0.3) is 11.0 Å². The first-order valence-electron chi connectivity index (χ1n) is 14.1. The summed E-state index contributed by atoms with van der Waals surface area (Å²) in [6.07, 6.45) is -2.30. The molecule has 2 amide bonds. The van der Waals surface area contributed by atoms with Gasteiger partial charge in [-0.3, -0.25) is 9.59 Å². The smallest absolute Gasteiger partial charge is 0.406 e. The summed E-state index contributed by atoms with van der Waals surface area (Å²) in [4.78, 5) is 31.9. The molecule has 0 bridgehead atoms. The van der Waals surface area contributed by atoms with E-state index in [1.807, 2.05) is 6.92 Å². The Labute approximate surface area is 253 Å². The lowest BCUT2D eigenvalue weighted by atomic mass is 9.93. The number of rotatable bonds is 9. The van der Waals surface area contributed by atoms with Gasteiger partial charge in [0, 0.05) is 50.3 Å². The predicted molar refractivity (Wildman–Crippen MR) is 159 cm³/mol. The number of fused-ring (bicyclic) bond motifs is 1. The minimum absolute atomic E-state index is 0.109. The number of methoxy groups -OCH3 is 1. The zero-order chi connectivity index (χ0) is 31.9. The number of likely N-dealkylation sites (tertiary alicyclic amines) is 1. The van der Waals surface area contributed by atoms with Gasteiger partial charge in [-0.15, -0.1) is 0 Å². The van der Waals surface area contributed by atoms with Crippen molar-refractivity contribution in [2.75, 3.05) is 45.7 Å². The van der Waals surface area contributed by atoms with Crippen molar-refractivity contribution in [3.8, 4) is 23.7 Å². The number of alkyl halides is 3. The second-order valence-corrected chi connectivity index (χ2v) is 10.6. The van der Waals surface area contributed by atoms with Crippen LogP contribution < -0.4 is 20.7 Å². The van der Waals surface area contributed by atoms with Gasteiger partial charge in [-0.1, -0.05) is 18.8 Å². The quantitative estimate of drug-likeness (QED) is 0.316. The third kappa shape index (κ3) is 7.99. The van der Waals surface area contributed by atoms with Crippen LogP contribution in [0.1, 0.15) is 46.0 Å². The molecule has 3 N–H and O–H groups in total. The Morgan fingerprint density at radius 3 is 2.68 bits per heavy atom. The number of nitrogens with one attached hydrogen (secondary N) is 3. The molecule has 1 aliphatic rings. The molecule has 232 valence electrons. The number of halogens is 3. The maximum absolute atomic E-state index is 13.5. The van der Waals surface area contributed by atoms with E-state index in [1.54, 1.807) is 18.2 Å². The molecular formula is C31H34F3N7O3. The summed E-state index contributed by atoms with van der Waals surface area (Å²) in [6.45, 7) is 2.99. The second-order valence-electron chi connectivity index (χ2n) is 10.6. The van der Waals surface area contributed by atoms with E-state index in [0.717, 1.165) is 24.0 Å². The molecule has 0 spiro atoms. The number of piperidine rings is 1. The van der Waals surface area contributed by atoms with Crippen molar-refractivity contribution in [3.63, 3.8) is 0 Å². The SMILES string of the molecule is CNC(=O)c1ccc(OC)c(NCC#Cc2cc(C(=O)N[C@H]3CCN(CCC#N)C[C@@H]3C)c3ncn(CC(F)(F)F)c3c2)c1. The average molecular weight is 610 g/mol. The summed E-state index contributed by atoms with van der Waals surface area (Å²) in [5.74, 6) is 5.78. The number of amides is 2. The summed E-state index contributed by atoms with van der Waals surface area (Å²) in [5.41, 5.74) is 1.75. The maximum Gasteiger partial charge on any atom is 0.406 e. The highest BCUT2D eigenvalue weighted by atomic mass is 19.4. The highest BCUT2D eigenvalue weighted by Gasteiger charge is 2.31. The zero-order valence-corrected chi connectivity index (χ0v) is 24.7. The van der Waals surface area contributed by atoms with Crippen molar-refractivity contribution >= 4 is 28.5 Å². The Morgan fingerprint density at radius 1 is 1.20 bits per heavy atom. The van der Waals surface area contributed by atoms with Crippen LogP contribution in [0.3, 0.4) is 0 Å². The van der Waals surface area contributed by atoms with Crippen molar-refractivity contribution in [1.82, 2.24) is 25.1 Å². The molecule has 1 aliphatic heterocycles. The minimum atomic E-state index is -4.49. The number of imidazole rings is 1. The van der Waals surface area contributed by atoms with E-state index in [0.29, 0.717) is 42.0 Å². The Morgan fingerprint density at radius 2 is 2.00 bits per heavy atom. The van der Waals surface area contributed by atoms with Crippen LogP contribution in [0.2, 0.25) is 0 Å². The molecule has 1 aromatic heterocycles. The molecule has 1 fully saturated rings. The Bertz CT molecular complexity index is 1620. The van der Waals surface area contributed by atoms with Crippen molar-refractivity contribution < 1.29 is 27.5 Å². The van der Waals surface area contributed by atoms with Crippen LogP contribution in [-0.4, -0.2) is 78.8 Å². The van der Waals surface area contributed by atoms with Gasteiger partial charge in [0.25, 0.3) is 11.8 Å². The normalized spacial score (nSPS) is 16.8. The molecule has 2 atom stereocenters. The average Bonchev–Trinajstić information content (AvgIpc) is 3.39. The molecule has 0 radical (unpaired) electrons. The molecule has 4 rings (SSSR count). The number of nitriles is 1. The molecule has 0 aliphatic carbocycles. The fourth-order valence-electron chi connectivity index (χ4n) is 5.25. The maximum atomic E-state index is 13.5. The number of hydrogen-bond donors (Lipinski definition) is 3. The molecule has 2 aromatic carbocycles. The molecule has 0 unspecified atom stereocenters. The van der Waals surface area contributed by atoms with Crippen molar-refractivity contribution in [3.05, 3.63) is 53.3 Å². The number of nitrogens with zero attached hydrogens (tertiary/aromatic N) is 4. The minimum Gasteiger partial charge on any atom is -0.495 e. The van der Waals surface area contributed by atoms with Crippen LogP contribution in [0.4, 0.5) is 18.9 Å². The van der Waals surface area contributed by atoms with Gasteiger partial charge >= 0.3 is 6.18 Å². The number of benzene rings is 2. The lowest BCUT2D eigenvalue weighted by Crippen LogP contribution is -2.50. The van der Waals surface area contributed by atoms with E-state index in [1.165, 1.54) is 26.3 Å². The summed E-state index contributed by atoms with van der Waals surface area (Å²) in [6, 6.07) is 9.92. The topological polar surface area (TPSA) is 124 Å². The first-order valence-corrected chi connectivity index (χ1v) is 14.1. The molecule has 1 saturated heterocycles. The highest BCUT2D eigenvalue weighted by Crippen LogP contribution is 2.27. The first-order chi connectivity index (χ1) is 21.0. The number of anilines is 1. The van der Waals surface area contributed by atoms with E-state index >= 15 is 0 Å². The second kappa shape index (κ2) is 14.1. The van der Waals surface area contributed by atoms with E-state index < -0.39 is 18.6 Å². The van der Waals surface area contributed by atoms with Gasteiger partial charge < -0.3 is 30.2 Å². The molecule has 0 saturated carbocycles. The Balaban J connectivity index is 1.58. The lowest BCUT2D eigenvalue weighted by Gasteiger charge is -2.37. The van der Waals surface area contributed by atoms with Gasteiger partial charge in [0.1, 0.15) is 17.8 Å². The zero-order valence-electron chi connectivity index (χ0n) is 24.7. The molecule has 3 aromatic rings. The van der Waals surface area contributed by atoms with Crippen molar-refractivity contribution in [1.29, 1.82) is 5.26 Å². The van der Waals surface area contributed by atoms with Crippen LogP contribution in [0, 0.1) is 29.1 Å². The number of carbonyl (C=O) groups excluding carboxylic acids is 2. The fraction of sp³-hybridized carbons (Fsp3) is 0.419. The van der Waals surface area contributed by atoms with Gasteiger partial charge in [-0.25, -0.2) is 4.98 Å². The van der Waals surface area contributed by atoms with Crippen molar-refractivity contribution in [2.45, 2.75) is 38.5 Å². The Hall–Kier alpha value is -4.75. The van der Waals surface area contributed by atoms with E-state index in [4.69, 9.17) is 10.00 Å². The highest BCUT2D eigenvalue weighted by molar-refractivity contribution is 6.05. The molecule has 10 nitrogen and oxygen atoms in total. The molecule has 44 heavy (non-hydrogen) atoms. The number of hydrogen-bond acceptors (Lipinski definition) is 7. The molecule has 13 heteroatoms. The van der Waals surface area contributed by atoms with Crippen LogP contribution in [-0.2, 0) is 6.54 Å². The van der Waals surface area contributed by atoms with Gasteiger partial charge in [0.05, 0.1) is 42.8 Å². The molecule has 2 heterocycles. The standard InChI is InChI=1S/C31H34F3N7O3/c1-20-17-40(12-5-10-35)13-9-24(20)39-30(43)23-14-21(15-26-28(23)38-19-41(26)18-31(32,33)34)6-4-11-37-25-16-22(29(42)36-2)7-8-27(25)44-3/h7-8,14-16,19-20,24,37H,5,9,11-13,17-18H2,1-3H3,(H,36,42)(H,39,43)/t20-,24-/m0/s1. The van der Waals surface area contributed by atoms with Crippen LogP contribution in [0.5, 0.6) is 5.75 Å². The summed E-state index contributed by atoms with van der Waals surface area (Å²) >= 11 is 0. The lowest BCUT2D eigenvalue weighted by molar-refractivity contribution is -0.139. The fourth-order valence-corrected chi connectivity index (χ4v) is 5.25. The number of aromatic nitrogens is 2. The largest absolute Gasteiger partial charge is 0.495 e. The molecular weight excluding hydrogens is 575 g/mol. The monoisotopic (exact) mass is 609 g/mol. The van der Waals surface area contributed by atoms with Crippen LogP contribution >= 0.6 is 0 Å². The first kappa shape index (κ1) is 32.2. The van der Waals surface area contributed by atoms with E-state index in [9.17, 15) is 22.8 Å². The Kier molecular flexibility index (Phi) is 10.3. The number of ether oxygens (including phenoxy) is 1. The van der Waals surface area contributed by atoms with E-state index in [2.05, 4.69) is 43.7 Å². The third-order valence-electron chi connectivity index (χ3n) is 7.45. The summed E-state index contributed by atoms with van der Waals surface area (Å²) in [7, 11) is 3.02. The van der Waals surface area contributed by atoms with Gasteiger partial charge in [-0.2, -0.15) is 18.4 Å². The summed E-state index contributed by atoms with van der Waals surface area (Å²) < 4.78 is 46.3.